The van der Waals surface area contributed by atoms with Crippen molar-refractivity contribution in [1.29, 1.82) is 0 Å². The summed E-state index contributed by atoms with van der Waals surface area (Å²) in [6.45, 7) is 6.10. The molecule has 0 radical (unpaired) electrons. The van der Waals surface area contributed by atoms with Crippen LogP contribution in [-0.2, 0) is 12.0 Å². The molecule has 1 fully saturated rings. The molecule has 0 unspecified atom stereocenters. The quantitative estimate of drug-likeness (QED) is 0.662. The average molecular weight is 408 g/mol. The summed E-state index contributed by atoms with van der Waals surface area (Å²) in [6.07, 6.45) is 3.00. The molecule has 0 amide bonds. The molecule has 0 aromatic carbocycles. The van der Waals surface area contributed by atoms with E-state index in [9.17, 15) is 8.78 Å². The second kappa shape index (κ2) is 6.58. The Balaban J connectivity index is 1.84. The number of pyridine rings is 1. The summed E-state index contributed by atoms with van der Waals surface area (Å²) in [7, 11) is 0. The topological polar surface area (TPSA) is 72.6 Å². The molecule has 4 heterocycles. The first kappa shape index (κ1) is 18.9. The van der Waals surface area contributed by atoms with Crippen LogP contribution in [0.4, 0.5) is 14.6 Å². The van der Waals surface area contributed by atoms with E-state index in [1.165, 1.54) is 0 Å². The lowest BCUT2D eigenvalue weighted by atomic mass is 9.96. The Kier molecular flexibility index (Phi) is 4.45. The Hall–Kier alpha value is -2.42. The predicted octanol–water partition coefficient (Wildman–Crippen LogP) is 3.46. The smallest absolute Gasteiger partial charge is 0.266 e. The van der Waals surface area contributed by atoms with E-state index in [-0.39, 0.29) is 24.9 Å². The number of nitrogens with zero attached hydrogens (tertiary/aromatic N) is 7. The van der Waals surface area contributed by atoms with Gasteiger partial charge < -0.3 is 4.90 Å². The fourth-order valence-electron chi connectivity index (χ4n) is 3.11. The van der Waals surface area contributed by atoms with Crippen molar-refractivity contribution in [3.8, 4) is 0 Å². The molecule has 0 spiro atoms. The summed E-state index contributed by atoms with van der Waals surface area (Å²) in [4.78, 5) is 14.8. The van der Waals surface area contributed by atoms with Gasteiger partial charge >= 0.3 is 0 Å². The van der Waals surface area contributed by atoms with Gasteiger partial charge in [0.25, 0.3) is 5.92 Å². The standard InChI is InChI=1S/C18H20ClF2N7/c1-17(2,3)16-23-14(27-7-5-18(20,21)10-27)13-15(24-16)28(26-25-13)9-11-4-6-22-8-12(11)19/h4,6,8H,5,7,9-10H2,1-3H3. The lowest BCUT2D eigenvalue weighted by molar-refractivity contribution is 0.0257. The highest BCUT2D eigenvalue weighted by atomic mass is 35.5. The monoisotopic (exact) mass is 407 g/mol. The van der Waals surface area contributed by atoms with Crippen LogP contribution in [-0.4, -0.2) is 49.0 Å². The number of anilines is 1. The first-order valence-electron chi connectivity index (χ1n) is 8.97. The Labute approximate surface area is 165 Å². The SMILES string of the molecule is CC(C)(C)c1nc(N2CCC(F)(F)C2)c2nnn(Cc3ccncc3Cl)c2n1. The minimum Gasteiger partial charge on any atom is -0.348 e. The van der Waals surface area contributed by atoms with E-state index in [2.05, 4.69) is 25.3 Å². The highest BCUT2D eigenvalue weighted by molar-refractivity contribution is 6.31. The van der Waals surface area contributed by atoms with Gasteiger partial charge in [0.1, 0.15) is 5.82 Å². The maximum absolute atomic E-state index is 13.8. The summed E-state index contributed by atoms with van der Waals surface area (Å²) in [5.41, 5.74) is 1.36. The van der Waals surface area contributed by atoms with E-state index in [1.807, 2.05) is 20.8 Å². The molecule has 148 valence electrons. The van der Waals surface area contributed by atoms with Crippen molar-refractivity contribution in [2.24, 2.45) is 0 Å². The molecule has 1 aliphatic heterocycles. The van der Waals surface area contributed by atoms with E-state index in [0.717, 1.165) is 5.56 Å². The van der Waals surface area contributed by atoms with Gasteiger partial charge in [-0.05, 0) is 11.6 Å². The number of alkyl halides is 2. The largest absolute Gasteiger partial charge is 0.348 e. The zero-order chi connectivity index (χ0) is 20.1. The number of halogens is 3. The van der Waals surface area contributed by atoms with Gasteiger partial charge in [-0.25, -0.2) is 23.4 Å². The van der Waals surface area contributed by atoms with Crippen molar-refractivity contribution >= 4 is 28.6 Å². The Bertz CT molecular complexity index is 1030. The van der Waals surface area contributed by atoms with E-state index in [0.29, 0.717) is 34.4 Å². The van der Waals surface area contributed by atoms with Crippen molar-refractivity contribution in [2.45, 2.75) is 45.1 Å². The van der Waals surface area contributed by atoms with Crippen LogP contribution in [0.25, 0.3) is 11.2 Å². The zero-order valence-corrected chi connectivity index (χ0v) is 16.6. The molecule has 0 N–H and O–H groups in total. The molecule has 4 rings (SSSR count). The Morgan fingerprint density at radius 1 is 1.25 bits per heavy atom. The maximum atomic E-state index is 13.8. The molecule has 7 nitrogen and oxygen atoms in total. The maximum Gasteiger partial charge on any atom is 0.266 e. The van der Waals surface area contributed by atoms with Crippen LogP contribution in [0.2, 0.25) is 5.02 Å². The summed E-state index contributed by atoms with van der Waals surface area (Å²) in [6, 6.07) is 1.80. The molecular formula is C18H20ClF2N7. The van der Waals surface area contributed by atoms with Crippen molar-refractivity contribution in [3.63, 3.8) is 0 Å². The van der Waals surface area contributed by atoms with Gasteiger partial charge in [-0.2, -0.15) is 0 Å². The van der Waals surface area contributed by atoms with Crippen molar-refractivity contribution in [1.82, 2.24) is 29.9 Å². The second-order valence-electron chi connectivity index (χ2n) is 8.03. The lowest BCUT2D eigenvalue weighted by Gasteiger charge is -2.22. The number of aromatic nitrogens is 6. The third-order valence-electron chi connectivity index (χ3n) is 4.66. The molecule has 1 aliphatic rings. The predicted molar refractivity (Wildman–Crippen MR) is 102 cm³/mol. The normalized spacial score (nSPS) is 16.9. The first-order chi connectivity index (χ1) is 13.1. The van der Waals surface area contributed by atoms with Crippen LogP contribution in [0.5, 0.6) is 0 Å². The molecule has 1 saturated heterocycles. The summed E-state index contributed by atoms with van der Waals surface area (Å²) in [5.74, 6) is -1.78. The van der Waals surface area contributed by atoms with Crippen LogP contribution in [0.15, 0.2) is 18.5 Å². The number of hydrogen-bond acceptors (Lipinski definition) is 6. The van der Waals surface area contributed by atoms with Crippen molar-refractivity contribution < 1.29 is 8.78 Å². The van der Waals surface area contributed by atoms with Gasteiger partial charge in [0.2, 0.25) is 0 Å². The Morgan fingerprint density at radius 3 is 2.68 bits per heavy atom. The fourth-order valence-corrected chi connectivity index (χ4v) is 3.29. The molecular weight excluding hydrogens is 388 g/mol. The molecule has 3 aromatic heterocycles. The Morgan fingerprint density at radius 2 is 2.04 bits per heavy atom. The minimum absolute atomic E-state index is 0.204. The van der Waals surface area contributed by atoms with Gasteiger partial charge in [0, 0.05) is 30.8 Å². The lowest BCUT2D eigenvalue weighted by Crippen LogP contribution is -2.27. The van der Waals surface area contributed by atoms with Gasteiger partial charge in [-0.3, -0.25) is 4.98 Å². The van der Waals surface area contributed by atoms with E-state index in [4.69, 9.17) is 11.6 Å². The fraction of sp³-hybridized carbons (Fsp3) is 0.500. The van der Waals surface area contributed by atoms with Crippen molar-refractivity contribution in [2.75, 3.05) is 18.0 Å². The van der Waals surface area contributed by atoms with E-state index < -0.39 is 5.92 Å². The van der Waals surface area contributed by atoms with Crippen LogP contribution in [0.3, 0.4) is 0 Å². The first-order valence-corrected chi connectivity index (χ1v) is 9.35. The summed E-state index contributed by atoms with van der Waals surface area (Å²) < 4.78 is 29.2. The minimum atomic E-state index is -2.74. The third-order valence-corrected chi connectivity index (χ3v) is 5.00. The van der Waals surface area contributed by atoms with Crippen LogP contribution in [0, 0.1) is 0 Å². The van der Waals surface area contributed by atoms with Crippen LogP contribution >= 0.6 is 11.6 Å². The molecule has 28 heavy (non-hydrogen) atoms. The van der Waals surface area contributed by atoms with E-state index in [1.54, 1.807) is 28.0 Å². The van der Waals surface area contributed by atoms with Crippen LogP contribution in [0.1, 0.15) is 38.6 Å². The third kappa shape index (κ3) is 3.50. The highest BCUT2D eigenvalue weighted by Gasteiger charge is 2.40. The van der Waals surface area contributed by atoms with Gasteiger partial charge in [0.05, 0.1) is 18.1 Å². The molecule has 0 bridgehead atoms. The van der Waals surface area contributed by atoms with Crippen molar-refractivity contribution in [3.05, 3.63) is 34.9 Å². The van der Waals surface area contributed by atoms with Gasteiger partial charge in [0.15, 0.2) is 17.0 Å². The molecule has 0 atom stereocenters. The highest BCUT2D eigenvalue weighted by Crippen LogP contribution is 2.34. The molecule has 0 saturated carbocycles. The summed E-state index contributed by atoms with van der Waals surface area (Å²) in [5, 5.41) is 8.91. The number of rotatable bonds is 3. The van der Waals surface area contributed by atoms with Gasteiger partial charge in [-0.15, -0.1) is 5.10 Å². The second-order valence-corrected chi connectivity index (χ2v) is 8.44. The van der Waals surface area contributed by atoms with E-state index >= 15 is 0 Å². The van der Waals surface area contributed by atoms with Crippen LogP contribution < -0.4 is 4.90 Å². The van der Waals surface area contributed by atoms with Gasteiger partial charge in [-0.1, -0.05) is 37.6 Å². The average Bonchev–Trinajstić information content (AvgIpc) is 3.18. The number of hydrogen-bond donors (Lipinski definition) is 0. The molecule has 0 aliphatic carbocycles. The zero-order valence-electron chi connectivity index (χ0n) is 15.8. The molecule has 10 heteroatoms. The number of fused-ring (bicyclic) bond motifs is 1. The summed E-state index contributed by atoms with van der Waals surface area (Å²) >= 11 is 6.21. The molecule has 3 aromatic rings.